The van der Waals surface area contributed by atoms with Crippen molar-refractivity contribution in [2.24, 2.45) is 0 Å². The van der Waals surface area contributed by atoms with Crippen molar-refractivity contribution < 1.29 is 23.8 Å². The van der Waals surface area contributed by atoms with Gasteiger partial charge in [0.15, 0.2) is 11.5 Å². The van der Waals surface area contributed by atoms with Gasteiger partial charge in [-0.1, -0.05) is 36.1 Å². The number of thioether (sulfide) groups is 1. The molecule has 0 spiro atoms. The molecule has 0 unspecified atom stereocenters. The summed E-state index contributed by atoms with van der Waals surface area (Å²) in [6, 6.07) is 8.04. The second-order valence-corrected chi connectivity index (χ2v) is 10.6. The van der Waals surface area contributed by atoms with Gasteiger partial charge in [-0.15, -0.1) is 0 Å². The first-order chi connectivity index (χ1) is 16.6. The summed E-state index contributed by atoms with van der Waals surface area (Å²) in [6.07, 6.45) is 1.85. The number of esters is 1. The van der Waals surface area contributed by atoms with Crippen molar-refractivity contribution in [3.63, 3.8) is 0 Å². The zero-order valence-electron chi connectivity index (χ0n) is 20.4. The van der Waals surface area contributed by atoms with Gasteiger partial charge in [0.05, 0.1) is 29.5 Å². The van der Waals surface area contributed by atoms with Crippen LogP contribution in [0.4, 0.5) is 0 Å². The molecule has 1 fully saturated rings. The smallest absolute Gasteiger partial charge is 0.307 e. The number of hydrogen-bond acceptors (Lipinski definition) is 7. The standard InChI is InChI=1S/C26H28BrNO5S2/c1-6-32-21-12-18(13-22-25(30)28(26(34)35-22)8-7-23(29)31-5)11-20(27)24(21)33-14-19-10-16(3)15(2)9-17(19)4/h9-13H,6-8,14H2,1-5H3/b22-13+. The molecule has 35 heavy (non-hydrogen) atoms. The zero-order valence-corrected chi connectivity index (χ0v) is 23.6. The minimum atomic E-state index is -0.389. The lowest BCUT2D eigenvalue weighted by atomic mass is 10.0. The second kappa shape index (κ2) is 12.1. The number of halogens is 1. The lowest BCUT2D eigenvalue weighted by Crippen LogP contribution is -2.30. The Bertz CT molecular complexity index is 1190. The number of thiocarbonyl (C=S) groups is 1. The molecule has 1 aliphatic rings. The third-order valence-electron chi connectivity index (χ3n) is 5.59. The molecule has 0 aliphatic carbocycles. The van der Waals surface area contributed by atoms with Crippen LogP contribution in [0.25, 0.3) is 6.08 Å². The van der Waals surface area contributed by atoms with Crippen LogP contribution >= 0.6 is 39.9 Å². The first kappa shape index (κ1) is 27.2. The summed E-state index contributed by atoms with van der Waals surface area (Å²) in [5.74, 6) is 0.562. The van der Waals surface area contributed by atoms with Crippen LogP contribution in [-0.2, 0) is 20.9 Å². The molecule has 0 N–H and O–H groups in total. The molecular weight excluding hydrogens is 550 g/mol. The highest BCUT2D eigenvalue weighted by atomic mass is 79.9. The van der Waals surface area contributed by atoms with Gasteiger partial charge in [0.25, 0.3) is 5.91 Å². The molecule has 186 valence electrons. The van der Waals surface area contributed by atoms with E-state index >= 15 is 0 Å². The predicted molar refractivity (Wildman–Crippen MR) is 147 cm³/mol. The van der Waals surface area contributed by atoms with Gasteiger partial charge in [0, 0.05) is 6.54 Å². The average molecular weight is 579 g/mol. The first-order valence-electron chi connectivity index (χ1n) is 11.1. The predicted octanol–water partition coefficient (Wildman–Crippen LogP) is 6.12. The number of aryl methyl sites for hydroxylation is 3. The summed E-state index contributed by atoms with van der Waals surface area (Å²) in [4.78, 5) is 26.2. The van der Waals surface area contributed by atoms with Crippen LogP contribution < -0.4 is 9.47 Å². The van der Waals surface area contributed by atoms with Crippen molar-refractivity contribution in [3.8, 4) is 11.5 Å². The van der Waals surface area contributed by atoms with Crippen molar-refractivity contribution >= 4 is 62.2 Å². The van der Waals surface area contributed by atoms with Crippen LogP contribution in [0.5, 0.6) is 11.5 Å². The van der Waals surface area contributed by atoms with Crippen LogP contribution in [0, 0.1) is 20.8 Å². The van der Waals surface area contributed by atoms with Gasteiger partial charge in [0.2, 0.25) is 0 Å². The monoisotopic (exact) mass is 577 g/mol. The Morgan fingerprint density at radius 3 is 2.51 bits per heavy atom. The summed E-state index contributed by atoms with van der Waals surface area (Å²) in [7, 11) is 1.32. The van der Waals surface area contributed by atoms with E-state index in [0.717, 1.165) is 15.6 Å². The van der Waals surface area contributed by atoms with Crippen molar-refractivity contribution in [1.82, 2.24) is 4.90 Å². The number of rotatable bonds is 9. The number of carbonyl (C=O) groups is 2. The van der Waals surface area contributed by atoms with Gasteiger partial charge < -0.3 is 14.2 Å². The maximum Gasteiger partial charge on any atom is 0.307 e. The molecule has 0 saturated carbocycles. The summed E-state index contributed by atoms with van der Waals surface area (Å²) >= 11 is 10.2. The van der Waals surface area contributed by atoms with Gasteiger partial charge in [-0.25, -0.2) is 0 Å². The molecule has 2 aromatic rings. The Morgan fingerprint density at radius 1 is 1.11 bits per heavy atom. The lowest BCUT2D eigenvalue weighted by Gasteiger charge is -2.16. The normalized spacial score (nSPS) is 14.6. The fourth-order valence-corrected chi connectivity index (χ4v) is 5.43. The fourth-order valence-electron chi connectivity index (χ4n) is 3.55. The van der Waals surface area contributed by atoms with E-state index in [4.69, 9.17) is 21.7 Å². The van der Waals surface area contributed by atoms with Crippen LogP contribution in [0.15, 0.2) is 33.6 Å². The van der Waals surface area contributed by atoms with Crippen LogP contribution in [0.3, 0.4) is 0 Å². The van der Waals surface area contributed by atoms with E-state index < -0.39 is 0 Å². The molecule has 6 nitrogen and oxygen atoms in total. The minimum absolute atomic E-state index is 0.0856. The SMILES string of the molecule is CCOc1cc(/C=C2/SC(=S)N(CCC(=O)OC)C2=O)cc(Br)c1OCc1cc(C)c(C)cc1C. The molecule has 0 bridgehead atoms. The van der Waals surface area contributed by atoms with Gasteiger partial charge in [-0.2, -0.15) is 0 Å². The maximum absolute atomic E-state index is 12.9. The summed E-state index contributed by atoms with van der Waals surface area (Å²) < 4.78 is 17.8. The van der Waals surface area contributed by atoms with E-state index in [1.807, 2.05) is 19.1 Å². The molecule has 1 aliphatic heterocycles. The molecule has 0 radical (unpaired) electrons. The summed E-state index contributed by atoms with van der Waals surface area (Å²) in [5.41, 5.74) is 5.53. The molecule has 1 saturated heterocycles. The number of amides is 1. The highest BCUT2D eigenvalue weighted by Crippen LogP contribution is 2.40. The van der Waals surface area contributed by atoms with Crippen molar-refractivity contribution in [2.45, 2.75) is 40.7 Å². The topological polar surface area (TPSA) is 65.1 Å². The number of nitrogens with zero attached hydrogens (tertiary/aromatic N) is 1. The minimum Gasteiger partial charge on any atom is -0.490 e. The highest BCUT2D eigenvalue weighted by molar-refractivity contribution is 9.10. The number of ether oxygens (including phenoxy) is 3. The van der Waals surface area contributed by atoms with Crippen LogP contribution in [0.1, 0.15) is 41.2 Å². The largest absolute Gasteiger partial charge is 0.490 e. The Morgan fingerprint density at radius 2 is 1.83 bits per heavy atom. The van der Waals surface area contributed by atoms with Crippen LogP contribution in [-0.4, -0.2) is 41.4 Å². The highest BCUT2D eigenvalue weighted by Gasteiger charge is 2.32. The quantitative estimate of drug-likeness (QED) is 0.202. The molecule has 9 heteroatoms. The Kier molecular flexibility index (Phi) is 9.38. The number of hydrogen-bond donors (Lipinski definition) is 0. The van der Waals surface area contributed by atoms with E-state index in [0.29, 0.717) is 33.9 Å². The molecule has 0 aromatic heterocycles. The Labute approximate surface area is 224 Å². The number of benzene rings is 2. The fraction of sp³-hybridized carbons (Fsp3) is 0.346. The second-order valence-electron chi connectivity index (χ2n) is 8.07. The summed E-state index contributed by atoms with van der Waals surface area (Å²) in [5, 5.41) is 0. The molecule has 0 atom stereocenters. The Balaban J connectivity index is 1.83. The Hall–Kier alpha value is -2.36. The zero-order chi connectivity index (χ0) is 25.7. The van der Waals surface area contributed by atoms with E-state index in [9.17, 15) is 9.59 Å². The van der Waals surface area contributed by atoms with Gasteiger partial charge in [0.1, 0.15) is 10.9 Å². The van der Waals surface area contributed by atoms with E-state index in [1.165, 1.54) is 40.5 Å². The van der Waals surface area contributed by atoms with Crippen molar-refractivity contribution in [1.29, 1.82) is 0 Å². The number of methoxy groups -OCH3 is 1. The van der Waals surface area contributed by atoms with Crippen molar-refractivity contribution in [2.75, 3.05) is 20.3 Å². The molecule has 2 aromatic carbocycles. The molecular formula is C26H28BrNO5S2. The molecule has 1 heterocycles. The lowest BCUT2D eigenvalue weighted by molar-refractivity contribution is -0.140. The summed E-state index contributed by atoms with van der Waals surface area (Å²) in [6.45, 7) is 9.23. The van der Waals surface area contributed by atoms with Crippen LogP contribution in [0.2, 0.25) is 0 Å². The van der Waals surface area contributed by atoms with E-state index in [1.54, 1.807) is 6.08 Å². The number of carbonyl (C=O) groups excluding carboxylic acids is 2. The van der Waals surface area contributed by atoms with Gasteiger partial charge in [-0.05, 0) is 89.7 Å². The first-order valence-corrected chi connectivity index (χ1v) is 13.1. The van der Waals surface area contributed by atoms with Gasteiger partial charge in [-0.3, -0.25) is 14.5 Å². The average Bonchev–Trinajstić information content (AvgIpc) is 3.07. The van der Waals surface area contributed by atoms with E-state index in [-0.39, 0.29) is 24.8 Å². The van der Waals surface area contributed by atoms with Crippen molar-refractivity contribution in [3.05, 3.63) is 61.5 Å². The third-order valence-corrected chi connectivity index (χ3v) is 7.56. The maximum atomic E-state index is 12.9. The third kappa shape index (κ3) is 6.65. The molecule has 3 rings (SSSR count). The molecule has 1 amide bonds. The van der Waals surface area contributed by atoms with Gasteiger partial charge >= 0.3 is 5.97 Å². The van der Waals surface area contributed by atoms with E-state index in [2.05, 4.69) is 53.6 Å².